The Morgan fingerprint density at radius 2 is 1.55 bits per heavy atom. The molecule has 0 spiro atoms. The summed E-state index contributed by atoms with van der Waals surface area (Å²) in [7, 11) is 0. The maximum Gasteiger partial charge on any atom is 0.284 e. The summed E-state index contributed by atoms with van der Waals surface area (Å²) < 4.78 is 26.9. The quantitative estimate of drug-likeness (QED) is 0.116. The Balaban J connectivity index is 1.17. The van der Waals surface area contributed by atoms with Crippen molar-refractivity contribution in [2.45, 2.75) is 171 Å². The summed E-state index contributed by atoms with van der Waals surface area (Å²) in [5, 5.41) is 34.3. The predicted molar refractivity (Wildman–Crippen MR) is 166 cm³/mol. The average molecular weight is 617 g/mol. The number of hydrogen-bond acceptors (Lipinski definition) is 8. The molecule has 5 fully saturated rings. The number of rotatable bonds is 16. The molecule has 0 radical (unpaired) electrons. The van der Waals surface area contributed by atoms with Crippen molar-refractivity contribution >= 4 is 5.78 Å². The topological polar surface area (TPSA) is 118 Å². The highest BCUT2D eigenvalue weighted by Gasteiger charge is 2.88. The molecule has 11 atom stereocenters. The summed E-state index contributed by atoms with van der Waals surface area (Å²) in [5.74, 6) is -3.39. The molecule has 6 aliphatic rings. The van der Waals surface area contributed by atoms with Crippen LogP contribution in [0.15, 0.2) is 23.8 Å². The van der Waals surface area contributed by atoms with Gasteiger partial charge in [-0.15, -0.1) is 0 Å². The third-order valence-corrected chi connectivity index (χ3v) is 12.3. The van der Waals surface area contributed by atoms with Gasteiger partial charge in [0.05, 0.1) is 12.2 Å². The highest BCUT2D eigenvalue weighted by molar-refractivity contribution is 6.05. The van der Waals surface area contributed by atoms with Crippen LogP contribution in [0.1, 0.15) is 124 Å². The van der Waals surface area contributed by atoms with E-state index in [0.717, 1.165) is 24.8 Å². The highest BCUT2D eigenvalue weighted by atomic mass is 16.9. The summed E-state index contributed by atoms with van der Waals surface area (Å²) in [6.45, 7) is 11.8. The maximum absolute atomic E-state index is 13.6. The van der Waals surface area contributed by atoms with Gasteiger partial charge in [0.15, 0.2) is 11.4 Å². The van der Waals surface area contributed by atoms with E-state index in [0.29, 0.717) is 18.4 Å². The third-order valence-electron chi connectivity index (χ3n) is 12.3. The van der Waals surface area contributed by atoms with Crippen molar-refractivity contribution in [3.63, 3.8) is 0 Å². The van der Waals surface area contributed by atoms with Gasteiger partial charge in [-0.2, -0.15) is 0 Å². The van der Waals surface area contributed by atoms with Crippen LogP contribution in [0, 0.1) is 17.8 Å². The van der Waals surface area contributed by atoms with E-state index in [4.69, 9.17) is 18.9 Å². The van der Waals surface area contributed by atoms with E-state index >= 15 is 0 Å². The van der Waals surface area contributed by atoms with Crippen LogP contribution in [0.25, 0.3) is 0 Å². The second-order valence-corrected chi connectivity index (χ2v) is 15.1. The molecule has 3 heterocycles. The van der Waals surface area contributed by atoms with Crippen molar-refractivity contribution in [3.05, 3.63) is 23.8 Å². The first-order valence-electron chi connectivity index (χ1n) is 17.7. The molecule has 2 saturated carbocycles. The summed E-state index contributed by atoms with van der Waals surface area (Å²) >= 11 is 0. The third kappa shape index (κ3) is 4.60. The van der Waals surface area contributed by atoms with Crippen LogP contribution >= 0.6 is 0 Å². The molecule has 3 N–H and O–H groups in total. The molecule has 3 aliphatic heterocycles. The SMILES string of the molecule is C=C(C)[C@]12C[C@@H](C)[C@@]34OC(CCCCCCCCCCCCCCC)(O[C@@H]1[C@@H]3[C@@H]1O[C@]1(CO)[C@@H](O)[C@]1(O)C(=O)C(C)=C[C@H]14)O2. The number of carbonyl (C=O) groups excluding carboxylic acids is 1. The van der Waals surface area contributed by atoms with Gasteiger partial charge in [-0.05, 0) is 43.8 Å². The smallest absolute Gasteiger partial charge is 0.284 e. The second kappa shape index (κ2) is 11.8. The van der Waals surface area contributed by atoms with Crippen molar-refractivity contribution in [2.75, 3.05) is 6.61 Å². The van der Waals surface area contributed by atoms with E-state index in [9.17, 15) is 20.1 Å². The molecule has 0 amide bonds. The summed E-state index contributed by atoms with van der Waals surface area (Å²) in [6.07, 6.45) is 16.4. The van der Waals surface area contributed by atoms with Gasteiger partial charge < -0.3 is 34.3 Å². The van der Waals surface area contributed by atoms with E-state index in [1.807, 2.05) is 6.92 Å². The molecule has 248 valence electrons. The Kier molecular flexibility index (Phi) is 8.82. The van der Waals surface area contributed by atoms with Crippen LogP contribution in [-0.4, -0.2) is 74.4 Å². The Morgan fingerprint density at radius 3 is 2.11 bits per heavy atom. The number of carbonyl (C=O) groups is 1. The molecule has 3 saturated heterocycles. The van der Waals surface area contributed by atoms with Gasteiger partial charge in [-0.1, -0.05) is 104 Å². The molecule has 6 rings (SSSR count). The fraction of sp³-hybridized carbons (Fsp3) is 0.861. The zero-order valence-corrected chi connectivity index (χ0v) is 27.4. The Bertz CT molecular complexity index is 1150. The fourth-order valence-electron chi connectivity index (χ4n) is 9.89. The number of fused-ring (bicyclic) bond motifs is 3. The van der Waals surface area contributed by atoms with Gasteiger partial charge in [-0.3, -0.25) is 4.79 Å². The fourth-order valence-corrected chi connectivity index (χ4v) is 9.89. The molecule has 0 aromatic carbocycles. The van der Waals surface area contributed by atoms with E-state index < -0.39 is 70.9 Å². The lowest BCUT2D eigenvalue weighted by molar-refractivity contribution is -0.430. The van der Waals surface area contributed by atoms with Crippen LogP contribution in [0.4, 0.5) is 0 Å². The highest BCUT2D eigenvalue weighted by Crippen LogP contribution is 2.73. The molecule has 0 aromatic heterocycles. The zero-order valence-electron chi connectivity index (χ0n) is 27.4. The molecule has 3 bridgehead atoms. The van der Waals surface area contributed by atoms with Crippen molar-refractivity contribution < 1.29 is 39.1 Å². The average Bonchev–Trinajstić information content (AvgIpc) is 3.63. The number of hydrogen-bond donors (Lipinski definition) is 3. The number of unbranched alkanes of at least 4 members (excludes halogenated alkanes) is 12. The van der Waals surface area contributed by atoms with Gasteiger partial charge in [0, 0.05) is 18.3 Å². The lowest BCUT2D eigenvalue weighted by atomic mass is 9.54. The lowest BCUT2D eigenvalue weighted by Gasteiger charge is -2.59. The zero-order chi connectivity index (χ0) is 31.5. The van der Waals surface area contributed by atoms with Crippen LogP contribution in [0.5, 0.6) is 0 Å². The summed E-state index contributed by atoms with van der Waals surface area (Å²) in [5.41, 5.74) is -4.37. The number of Topliss-reactive ketones (excluding diaryl/α,β-unsaturated/α-hetero) is 1. The molecule has 8 nitrogen and oxygen atoms in total. The minimum absolute atomic E-state index is 0.185. The van der Waals surface area contributed by atoms with E-state index in [1.165, 1.54) is 64.2 Å². The molecule has 0 aromatic rings. The van der Waals surface area contributed by atoms with Crippen molar-refractivity contribution in [2.24, 2.45) is 17.8 Å². The number of aliphatic hydroxyl groups is 3. The number of ketones is 1. The Labute approximate surface area is 263 Å². The molecular weight excluding hydrogens is 560 g/mol. The number of epoxide rings is 1. The van der Waals surface area contributed by atoms with Crippen molar-refractivity contribution in [1.82, 2.24) is 0 Å². The molecule has 44 heavy (non-hydrogen) atoms. The van der Waals surface area contributed by atoms with Crippen LogP contribution in [0.3, 0.4) is 0 Å². The van der Waals surface area contributed by atoms with Gasteiger partial charge in [0.2, 0.25) is 0 Å². The van der Waals surface area contributed by atoms with E-state index in [-0.39, 0.29) is 5.92 Å². The lowest BCUT2D eigenvalue weighted by Crippen LogP contribution is -2.72. The largest absolute Gasteiger partial charge is 0.393 e. The molecule has 3 aliphatic carbocycles. The van der Waals surface area contributed by atoms with Gasteiger partial charge in [0.25, 0.3) is 5.97 Å². The van der Waals surface area contributed by atoms with E-state index in [1.54, 1.807) is 13.0 Å². The first kappa shape index (κ1) is 32.8. The predicted octanol–water partition coefficient (Wildman–Crippen LogP) is 5.66. The monoisotopic (exact) mass is 616 g/mol. The van der Waals surface area contributed by atoms with Gasteiger partial charge in [-0.25, -0.2) is 0 Å². The van der Waals surface area contributed by atoms with Gasteiger partial charge >= 0.3 is 0 Å². The second-order valence-electron chi connectivity index (χ2n) is 15.1. The standard InChI is InChI=1S/C36H56O8/c1-6-7-8-9-10-11-12-13-14-15-16-17-18-19-34-42-29-27-30-33(22-37,41-30)31(39)35(40)26(20-24(4)28(35)38)36(27,44-34)25(5)21-32(29,43-34)23(2)3/h20,25-27,29-31,37,39-40H,2,6-19,21-22H2,1,3-5H3/t25-,26-,27-,29-,30+,31-,32-,33+,34?,35-,36+/m1/s1. The number of ether oxygens (including phenoxy) is 4. The van der Waals surface area contributed by atoms with Crippen LogP contribution < -0.4 is 0 Å². The van der Waals surface area contributed by atoms with Crippen LogP contribution in [0.2, 0.25) is 0 Å². The first-order valence-corrected chi connectivity index (χ1v) is 17.7. The summed E-state index contributed by atoms with van der Waals surface area (Å²) in [4.78, 5) is 13.6. The Hall–Kier alpha value is -1.13. The molecule has 1 unspecified atom stereocenters. The van der Waals surface area contributed by atoms with Crippen molar-refractivity contribution in [1.29, 1.82) is 0 Å². The maximum atomic E-state index is 13.6. The Morgan fingerprint density at radius 1 is 0.955 bits per heavy atom. The minimum atomic E-state index is -2.18. The number of aliphatic hydroxyl groups excluding tert-OH is 2. The molecule has 8 heteroatoms. The minimum Gasteiger partial charge on any atom is -0.393 e. The first-order chi connectivity index (χ1) is 21.0. The van der Waals surface area contributed by atoms with Crippen LogP contribution in [-0.2, 0) is 23.7 Å². The summed E-state index contributed by atoms with van der Waals surface area (Å²) in [6, 6.07) is 0. The van der Waals surface area contributed by atoms with Gasteiger partial charge in [0.1, 0.15) is 29.5 Å². The molecular formula is C36H56O8. The van der Waals surface area contributed by atoms with E-state index in [2.05, 4.69) is 20.4 Å². The normalized spacial score (nSPS) is 46.3. The van der Waals surface area contributed by atoms with Crippen molar-refractivity contribution in [3.8, 4) is 0 Å².